The average molecular weight is 433 g/mol. The van der Waals surface area contributed by atoms with Crippen LogP contribution < -0.4 is 16.2 Å². The van der Waals surface area contributed by atoms with Crippen molar-refractivity contribution in [2.24, 2.45) is 5.92 Å². The summed E-state index contributed by atoms with van der Waals surface area (Å²) in [6.45, 7) is 2.69. The Kier molecular flexibility index (Phi) is 4.38. The molecule has 1 saturated heterocycles. The van der Waals surface area contributed by atoms with E-state index in [1.807, 2.05) is 35.2 Å². The van der Waals surface area contributed by atoms with Crippen molar-refractivity contribution >= 4 is 28.8 Å². The van der Waals surface area contributed by atoms with Crippen molar-refractivity contribution in [3.63, 3.8) is 0 Å². The molecular weight excluding hydrogens is 416 g/mol. The predicted octanol–water partition coefficient (Wildman–Crippen LogP) is 2.58. The molecule has 0 saturated carbocycles. The highest BCUT2D eigenvalue weighted by atomic mass is 35.5. The monoisotopic (exact) mass is 432 g/mol. The van der Waals surface area contributed by atoms with E-state index in [2.05, 4.69) is 23.0 Å². The molecule has 1 aliphatic heterocycles. The first-order valence-corrected chi connectivity index (χ1v) is 10.0. The molecule has 1 aliphatic rings. The third-order valence-corrected chi connectivity index (χ3v) is 5.85. The van der Waals surface area contributed by atoms with Crippen molar-refractivity contribution in [1.82, 2.24) is 24.1 Å². The van der Waals surface area contributed by atoms with E-state index in [1.54, 1.807) is 16.8 Å². The van der Waals surface area contributed by atoms with E-state index in [0.717, 1.165) is 0 Å². The van der Waals surface area contributed by atoms with E-state index < -0.39 is 0 Å². The minimum Gasteiger partial charge on any atom is -0.382 e. The normalized spacial score (nSPS) is 18.0. The lowest BCUT2D eigenvalue weighted by Crippen LogP contribution is -2.51. The number of rotatable bonds is 3. The summed E-state index contributed by atoms with van der Waals surface area (Å²) in [5.74, 6) is 1.22. The average Bonchev–Trinajstić information content (AvgIpc) is 3.13. The van der Waals surface area contributed by atoms with Gasteiger partial charge in [-0.15, -0.1) is 0 Å². The molecule has 5 rings (SSSR count). The zero-order chi connectivity index (χ0) is 21.7. The number of aromatic nitrogens is 5. The Balaban J connectivity index is 1.76. The van der Waals surface area contributed by atoms with Gasteiger partial charge in [0.25, 0.3) is 5.56 Å². The Morgan fingerprint density at radius 3 is 2.71 bits per heavy atom. The minimum atomic E-state index is -0.306. The molecule has 9 nitrogen and oxygen atoms in total. The van der Waals surface area contributed by atoms with Gasteiger partial charge in [0.05, 0.1) is 16.8 Å². The van der Waals surface area contributed by atoms with Crippen LogP contribution in [0.5, 0.6) is 0 Å². The second kappa shape index (κ2) is 7.11. The van der Waals surface area contributed by atoms with Gasteiger partial charge in [-0.3, -0.25) is 9.36 Å². The first-order valence-electron chi connectivity index (χ1n) is 9.63. The lowest BCUT2D eigenvalue weighted by molar-refractivity contribution is 0.300. The highest BCUT2D eigenvalue weighted by Gasteiger charge is 2.43. The molecule has 1 fully saturated rings. The summed E-state index contributed by atoms with van der Waals surface area (Å²) in [5, 5.41) is 14.7. The Labute approximate surface area is 181 Å². The third-order valence-electron chi connectivity index (χ3n) is 5.54. The molecule has 0 radical (unpaired) electrons. The summed E-state index contributed by atoms with van der Waals surface area (Å²) >= 11 is 6.28. The van der Waals surface area contributed by atoms with Crippen LogP contribution in [0.25, 0.3) is 11.2 Å². The number of nitrogen functional groups attached to an aromatic ring is 1. The zero-order valence-corrected chi connectivity index (χ0v) is 17.2. The van der Waals surface area contributed by atoms with Crippen LogP contribution in [-0.2, 0) is 0 Å². The first-order chi connectivity index (χ1) is 15.0. The van der Waals surface area contributed by atoms with Crippen molar-refractivity contribution in [2.75, 3.05) is 17.2 Å². The third kappa shape index (κ3) is 2.84. The van der Waals surface area contributed by atoms with Gasteiger partial charge >= 0.3 is 0 Å². The fourth-order valence-corrected chi connectivity index (χ4v) is 4.31. The standard InChI is InChI=1S/C21H17ClN8O/c1-12-10-28(19-14(9-23)18(24)25-11-26-19)16(12)20-27-29-8-7-15(22)17(29)21(31)30(20)13-5-3-2-4-6-13/h2-8,11-12,16H,10H2,1H3,(H2,24,25,26)/t12-,16?/m0/s1. The fraction of sp³-hybridized carbons (Fsp3) is 0.190. The van der Waals surface area contributed by atoms with E-state index >= 15 is 0 Å². The summed E-state index contributed by atoms with van der Waals surface area (Å²) in [4.78, 5) is 23.7. The number of nitriles is 1. The van der Waals surface area contributed by atoms with Gasteiger partial charge in [-0.1, -0.05) is 36.7 Å². The van der Waals surface area contributed by atoms with Gasteiger partial charge in [0.2, 0.25) is 0 Å². The number of nitrogens with zero attached hydrogens (tertiary/aromatic N) is 7. The van der Waals surface area contributed by atoms with Gasteiger partial charge in [0.15, 0.2) is 11.6 Å². The van der Waals surface area contributed by atoms with E-state index in [-0.39, 0.29) is 28.9 Å². The number of anilines is 2. The van der Waals surface area contributed by atoms with Gasteiger partial charge in [-0.25, -0.2) is 14.5 Å². The van der Waals surface area contributed by atoms with Gasteiger partial charge in [0, 0.05) is 18.7 Å². The minimum absolute atomic E-state index is 0.117. The van der Waals surface area contributed by atoms with Crippen LogP contribution in [-0.4, -0.2) is 30.7 Å². The number of hydrogen-bond acceptors (Lipinski definition) is 7. The molecule has 10 heteroatoms. The molecule has 1 unspecified atom stereocenters. The number of halogens is 1. The fourth-order valence-electron chi connectivity index (χ4n) is 4.08. The highest BCUT2D eigenvalue weighted by Crippen LogP contribution is 2.42. The largest absolute Gasteiger partial charge is 0.382 e. The lowest BCUT2D eigenvalue weighted by Gasteiger charge is -2.47. The van der Waals surface area contributed by atoms with Crippen LogP contribution in [0.4, 0.5) is 11.6 Å². The van der Waals surface area contributed by atoms with Crippen LogP contribution in [0.3, 0.4) is 0 Å². The van der Waals surface area contributed by atoms with Crippen molar-refractivity contribution in [1.29, 1.82) is 5.26 Å². The van der Waals surface area contributed by atoms with E-state index in [9.17, 15) is 10.1 Å². The molecule has 4 aromatic rings. The summed E-state index contributed by atoms with van der Waals surface area (Å²) in [6.07, 6.45) is 2.99. The Morgan fingerprint density at radius 1 is 1.23 bits per heavy atom. The second-order valence-electron chi connectivity index (χ2n) is 7.43. The SMILES string of the molecule is C[C@H]1CN(c2ncnc(N)c2C#N)C1c1nn2ccc(Cl)c2c(=O)n1-c1ccccc1. The molecule has 1 aromatic carbocycles. The highest BCUT2D eigenvalue weighted by molar-refractivity contribution is 6.33. The first kappa shape index (κ1) is 19.1. The van der Waals surface area contributed by atoms with Crippen LogP contribution in [0.15, 0.2) is 53.7 Å². The summed E-state index contributed by atoms with van der Waals surface area (Å²) in [5.41, 5.74) is 6.82. The van der Waals surface area contributed by atoms with Crippen molar-refractivity contribution in [3.05, 3.63) is 75.7 Å². The van der Waals surface area contributed by atoms with Gasteiger partial charge in [0.1, 0.15) is 29.3 Å². The molecule has 154 valence electrons. The van der Waals surface area contributed by atoms with Gasteiger partial charge < -0.3 is 10.6 Å². The van der Waals surface area contributed by atoms with E-state index in [4.69, 9.17) is 22.4 Å². The van der Waals surface area contributed by atoms with E-state index in [1.165, 1.54) is 10.8 Å². The van der Waals surface area contributed by atoms with Crippen LogP contribution in [0, 0.1) is 17.2 Å². The number of benzene rings is 1. The van der Waals surface area contributed by atoms with Crippen LogP contribution >= 0.6 is 11.6 Å². The molecule has 0 aliphatic carbocycles. The van der Waals surface area contributed by atoms with E-state index in [0.29, 0.717) is 34.4 Å². The van der Waals surface area contributed by atoms with Gasteiger partial charge in [-0.2, -0.15) is 10.4 Å². The molecule has 0 amide bonds. The summed E-state index contributed by atoms with van der Waals surface area (Å²) in [7, 11) is 0. The molecular formula is C21H17ClN8O. The number of nitrogens with two attached hydrogens (primary N) is 1. The van der Waals surface area contributed by atoms with Crippen molar-refractivity contribution < 1.29 is 0 Å². The molecule has 0 spiro atoms. The Bertz CT molecular complexity index is 1400. The topological polar surface area (TPSA) is 118 Å². The number of fused-ring (bicyclic) bond motifs is 1. The van der Waals surface area contributed by atoms with Crippen molar-refractivity contribution in [2.45, 2.75) is 13.0 Å². The molecule has 2 atom stereocenters. The number of para-hydroxylation sites is 1. The maximum absolute atomic E-state index is 13.5. The predicted molar refractivity (Wildman–Crippen MR) is 116 cm³/mol. The molecule has 0 bridgehead atoms. The summed E-state index contributed by atoms with van der Waals surface area (Å²) in [6, 6.07) is 12.7. The molecule has 2 N–H and O–H groups in total. The molecule has 4 heterocycles. The zero-order valence-electron chi connectivity index (χ0n) is 16.5. The lowest BCUT2D eigenvalue weighted by atomic mass is 9.88. The van der Waals surface area contributed by atoms with Crippen LogP contribution in [0.2, 0.25) is 5.02 Å². The molecule has 31 heavy (non-hydrogen) atoms. The second-order valence-corrected chi connectivity index (χ2v) is 7.84. The van der Waals surface area contributed by atoms with Crippen LogP contribution in [0.1, 0.15) is 24.4 Å². The van der Waals surface area contributed by atoms with Gasteiger partial charge in [-0.05, 0) is 18.2 Å². The maximum atomic E-state index is 13.5. The van der Waals surface area contributed by atoms with Crippen molar-refractivity contribution in [3.8, 4) is 11.8 Å². The number of hydrogen-bond donors (Lipinski definition) is 1. The summed E-state index contributed by atoms with van der Waals surface area (Å²) < 4.78 is 3.08. The maximum Gasteiger partial charge on any atom is 0.284 e. The Morgan fingerprint density at radius 2 is 2.00 bits per heavy atom. The molecule has 3 aromatic heterocycles. The smallest absolute Gasteiger partial charge is 0.284 e. The Hall–Kier alpha value is -3.90. The quantitative estimate of drug-likeness (QED) is 0.528.